The molecule has 2 aromatic carbocycles. The maximum Gasteiger partial charge on any atom is 0.193 e. The molecule has 5 heteroatoms. The van der Waals surface area contributed by atoms with E-state index < -0.39 is 11.7 Å². The summed E-state index contributed by atoms with van der Waals surface area (Å²) in [4.78, 5) is 14.2. The molecule has 2 atom stereocenters. The van der Waals surface area contributed by atoms with Crippen LogP contribution in [-0.4, -0.2) is 51.3 Å². The summed E-state index contributed by atoms with van der Waals surface area (Å²) in [6.07, 6.45) is -0.504. The minimum absolute atomic E-state index is 0.173. The van der Waals surface area contributed by atoms with E-state index >= 15 is 0 Å². The molecule has 140 valence electrons. The molecule has 3 N–H and O–H groups in total. The maximum absolute atomic E-state index is 12.2. The van der Waals surface area contributed by atoms with E-state index in [1.807, 2.05) is 30.1 Å². The number of Topliss-reactive ketones (excluding diaryl/α,β-unsaturated/α-hetero) is 1. The molecule has 0 aliphatic rings. The number of phenolic OH excluding ortho intramolecular Hbond substituents is 1. The van der Waals surface area contributed by atoms with E-state index in [-0.39, 0.29) is 17.6 Å². The third-order valence-corrected chi connectivity index (χ3v) is 4.22. The summed E-state index contributed by atoms with van der Waals surface area (Å²) in [6, 6.07) is 13.9. The predicted molar refractivity (Wildman–Crippen MR) is 101 cm³/mol. The van der Waals surface area contributed by atoms with Crippen molar-refractivity contribution >= 4 is 5.78 Å². The predicted octanol–water partition coefficient (Wildman–Crippen LogP) is 2.75. The van der Waals surface area contributed by atoms with Crippen LogP contribution in [0.1, 0.15) is 48.3 Å². The number of aliphatic hydroxyl groups excluding tert-OH is 1. The summed E-state index contributed by atoms with van der Waals surface area (Å²) in [6.45, 7) is 5.11. The molecule has 0 spiro atoms. The number of aliphatic hydroxyl groups is 2. The van der Waals surface area contributed by atoms with Crippen molar-refractivity contribution in [3.63, 3.8) is 0 Å². The van der Waals surface area contributed by atoms with Gasteiger partial charge < -0.3 is 15.3 Å². The molecule has 2 aromatic rings. The molecule has 0 radical (unpaired) electrons. The Balaban J connectivity index is 2.41. The van der Waals surface area contributed by atoms with Crippen LogP contribution in [0.2, 0.25) is 0 Å². The van der Waals surface area contributed by atoms with Gasteiger partial charge >= 0.3 is 0 Å². The molecule has 5 nitrogen and oxygen atoms in total. The van der Waals surface area contributed by atoms with Crippen LogP contribution in [0.25, 0.3) is 0 Å². The number of hydrogen-bond donors (Lipinski definition) is 3. The smallest absolute Gasteiger partial charge is 0.193 e. The summed E-state index contributed by atoms with van der Waals surface area (Å²) in [5.41, 5.74) is 0.824. The lowest BCUT2D eigenvalue weighted by Crippen LogP contribution is -2.32. The van der Waals surface area contributed by atoms with Gasteiger partial charge in [-0.1, -0.05) is 36.4 Å². The lowest BCUT2D eigenvalue weighted by atomic mass is 9.92. The number of hydrogen-bond acceptors (Lipinski definition) is 5. The number of rotatable bonds is 7. The largest absolute Gasteiger partial charge is 0.508 e. The minimum atomic E-state index is -1.42. The third-order valence-electron chi connectivity index (χ3n) is 4.22. The van der Waals surface area contributed by atoms with E-state index in [4.69, 9.17) is 0 Å². The highest BCUT2D eigenvalue weighted by molar-refractivity contribution is 6.01. The van der Waals surface area contributed by atoms with Crippen LogP contribution in [0.15, 0.2) is 48.5 Å². The van der Waals surface area contributed by atoms with Crippen molar-refractivity contribution in [1.29, 1.82) is 0 Å². The van der Waals surface area contributed by atoms with Gasteiger partial charge in [-0.25, -0.2) is 0 Å². The molecule has 2 unspecified atom stereocenters. The first-order valence-electron chi connectivity index (χ1n) is 8.64. The molecule has 26 heavy (non-hydrogen) atoms. The van der Waals surface area contributed by atoms with Gasteiger partial charge in [0.2, 0.25) is 0 Å². The van der Waals surface area contributed by atoms with Gasteiger partial charge in [-0.3, -0.25) is 9.69 Å². The average Bonchev–Trinajstić information content (AvgIpc) is 2.53. The number of benzene rings is 2. The van der Waals surface area contributed by atoms with E-state index in [1.165, 1.54) is 13.8 Å². The fourth-order valence-corrected chi connectivity index (χ4v) is 3.09. The molecule has 0 heterocycles. The van der Waals surface area contributed by atoms with Crippen LogP contribution in [0.5, 0.6) is 5.75 Å². The Morgan fingerprint density at radius 1 is 1.12 bits per heavy atom. The van der Waals surface area contributed by atoms with Crippen LogP contribution in [-0.2, 0) is 0 Å². The summed E-state index contributed by atoms with van der Waals surface area (Å²) < 4.78 is 0. The van der Waals surface area contributed by atoms with Crippen LogP contribution in [0.4, 0.5) is 0 Å². The summed E-state index contributed by atoms with van der Waals surface area (Å²) >= 11 is 0. The van der Waals surface area contributed by atoms with E-state index in [9.17, 15) is 20.1 Å². The van der Waals surface area contributed by atoms with E-state index in [0.717, 1.165) is 11.1 Å². The van der Waals surface area contributed by atoms with E-state index in [2.05, 4.69) is 0 Å². The Bertz CT molecular complexity index is 747. The highest BCUT2D eigenvalue weighted by Crippen LogP contribution is 2.30. The zero-order chi connectivity index (χ0) is 19.5. The van der Waals surface area contributed by atoms with E-state index in [0.29, 0.717) is 12.1 Å². The molecular formula is C21H27NO4. The fourth-order valence-electron chi connectivity index (χ4n) is 3.09. The van der Waals surface area contributed by atoms with E-state index in [1.54, 1.807) is 37.3 Å². The Morgan fingerprint density at radius 2 is 1.73 bits per heavy atom. The molecule has 0 aliphatic heterocycles. The topological polar surface area (TPSA) is 81.0 Å². The fraction of sp³-hybridized carbons (Fsp3) is 0.381. The van der Waals surface area contributed by atoms with Crippen molar-refractivity contribution in [2.24, 2.45) is 0 Å². The quantitative estimate of drug-likeness (QED) is 0.664. The summed E-state index contributed by atoms with van der Waals surface area (Å²) in [5, 5.41) is 29.5. The van der Waals surface area contributed by atoms with Crippen LogP contribution >= 0.6 is 0 Å². The number of carbonyl (C=O) groups is 1. The van der Waals surface area contributed by atoms with Crippen molar-refractivity contribution < 1.29 is 20.1 Å². The van der Waals surface area contributed by atoms with Gasteiger partial charge in [0, 0.05) is 12.1 Å². The van der Waals surface area contributed by atoms with Gasteiger partial charge in [-0.2, -0.15) is 0 Å². The van der Waals surface area contributed by atoms with Crippen molar-refractivity contribution in [1.82, 2.24) is 4.90 Å². The second-order valence-corrected chi connectivity index (χ2v) is 7.30. The second kappa shape index (κ2) is 7.99. The van der Waals surface area contributed by atoms with Gasteiger partial charge in [-0.05, 0) is 51.1 Å². The third kappa shape index (κ3) is 4.91. The van der Waals surface area contributed by atoms with Gasteiger partial charge in [-0.15, -0.1) is 0 Å². The van der Waals surface area contributed by atoms with Gasteiger partial charge in [0.05, 0.1) is 12.1 Å². The molecule has 0 fully saturated rings. The number of nitrogens with zero attached hydrogens (tertiary/aromatic N) is 1. The van der Waals surface area contributed by atoms with Crippen LogP contribution in [0.3, 0.4) is 0 Å². The molecule has 0 aliphatic carbocycles. The van der Waals surface area contributed by atoms with Crippen molar-refractivity contribution in [2.45, 2.75) is 38.5 Å². The maximum atomic E-state index is 12.2. The molecule has 2 rings (SSSR count). The monoisotopic (exact) mass is 357 g/mol. The first-order chi connectivity index (χ1) is 12.1. The van der Waals surface area contributed by atoms with Gasteiger partial charge in [0.15, 0.2) is 5.78 Å². The van der Waals surface area contributed by atoms with Gasteiger partial charge in [0.25, 0.3) is 0 Å². The standard InChI is InChI=1S/C21H27NO4/c1-14(23)13-22(4)19(17-6-5-7-18(24)12-17)15-8-10-16(11-9-15)20(25)21(2,3)26/h5-12,14,19,23-24,26H,13H2,1-4H3. The molecule has 0 saturated heterocycles. The zero-order valence-corrected chi connectivity index (χ0v) is 15.7. The zero-order valence-electron chi connectivity index (χ0n) is 15.7. The minimum Gasteiger partial charge on any atom is -0.508 e. The van der Waals surface area contributed by atoms with Crippen LogP contribution < -0.4 is 0 Å². The van der Waals surface area contributed by atoms with Crippen LogP contribution in [0, 0.1) is 0 Å². The molecular weight excluding hydrogens is 330 g/mol. The first kappa shape index (κ1) is 20.1. The Kier molecular flexibility index (Phi) is 6.18. The number of ketones is 1. The van der Waals surface area contributed by atoms with Crippen molar-refractivity contribution in [2.75, 3.05) is 13.6 Å². The Morgan fingerprint density at radius 3 is 2.23 bits per heavy atom. The number of aromatic hydroxyl groups is 1. The van der Waals surface area contributed by atoms with Crippen molar-refractivity contribution in [3.8, 4) is 5.75 Å². The molecule has 0 aromatic heterocycles. The molecule has 0 bridgehead atoms. The normalized spacial score (nSPS) is 14.3. The number of likely N-dealkylation sites (N-methyl/N-ethyl adjacent to an activating group) is 1. The lowest BCUT2D eigenvalue weighted by molar-refractivity contribution is 0.0488. The van der Waals surface area contributed by atoms with Crippen molar-refractivity contribution in [3.05, 3.63) is 65.2 Å². The molecule has 0 amide bonds. The highest BCUT2D eigenvalue weighted by atomic mass is 16.3. The number of carbonyl (C=O) groups excluding carboxylic acids is 1. The SMILES string of the molecule is CC(O)CN(C)C(c1ccc(C(=O)C(C)(C)O)cc1)c1cccc(O)c1. The first-order valence-corrected chi connectivity index (χ1v) is 8.64. The highest BCUT2D eigenvalue weighted by Gasteiger charge is 2.26. The lowest BCUT2D eigenvalue weighted by Gasteiger charge is -2.30. The average molecular weight is 357 g/mol. The Hall–Kier alpha value is -2.21. The van der Waals surface area contributed by atoms with Gasteiger partial charge in [0.1, 0.15) is 11.4 Å². The summed E-state index contributed by atoms with van der Waals surface area (Å²) in [5.74, 6) is -0.165. The second-order valence-electron chi connectivity index (χ2n) is 7.30. The summed E-state index contributed by atoms with van der Waals surface area (Å²) in [7, 11) is 1.90. The number of phenols is 1. The molecule has 0 saturated carbocycles. The Labute approximate surface area is 154 Å².